The second-order valence-corrected chi connectivity index (χ2v) is 9.99. The van der Waals surface area contributed by atoms with Crippen LogP contribution < -0.4 is 0 Å². The average Bonchev–Trinajstić information content (AvgIpc) is 2.00. The third kappa shape index (κ3) is 4.18. The summed E-state index contributed by atoms with van der Waals surface area (Å²) in [5, 5.41) is 9.01. The summed E-state index contributed by atoms with van der Waals surface area (Å²) < 4.78 is 5.77. The maximum Gasteiger partial charge on any atom is 0.331 e. The van der Waals surface area contributed by atoms with E-state index in [0.29, 0.717) is 6.42 Å². The van der Waals surface area contributed by atoms with E-state index in [1.165, 1.54) is 0 Å². The van der Waals surface area contributed by atoms with E-state index in [0.717, 1.165) is 0 Å². The van der Waals surface area contributed by atoms with Crippen molar-refractivity contribution in [1.29, 1.82) is 0 Å². The van der Waals surface area contributed by atoms with Crippen molar-refractivity contribution in [1.82, 2.24) is 0 Å². The highest BCUT2D eigenvalue weighted by molar-refractivity contribution is 6.74. The van der Waals surface area contributed by atoms with E-state index in [-0.39, 0.29) is 5.04 Å². The Morgan fingerprint density at radius 3 is 2.27 bits per heavy atom. The summed E-state index contributed by atoms with van der Waals surface area (Å²) in [6, 6.07) is 0. The molecule has 0 saturated carbocycles. The van der Waals surface area contributed by atoms with Crippen molar-refractivity contribution < 1.29 is 14.3 Å². The molecule has 1 N–H and O–H groups in total. The summed E-state index contributed by atoms with van der Waals surface area (Å²) in [5.74, 6) is -0.903. The van der Waals surface area contributed by atoms with Crippen molar-refractivity contribution in [2.45, 2.75) is 51.4 Å². The van der Waals surface area contributed by atoms with Gasteiger partial charge in [-0.2, -0.15) is 0 Å². The lowest BCUT2D eigenvalue weighted by Gasteiger charge is -2.38. The van der Waals surface area contributed by atoms with Crippen LogP contribution in [0.4, 0.5) is 0 Å². The fraction of sp³-hybridized carbons (Fsp3) is 0.727. The second-order valence-electron chi connectivity index (χ2n) is 5.23. The molecule has 0 aromatic heterocycles. The number of hydrogen-bond acceptors (Lipinski definition) is 2. The van der Waals surface area contributed by atoms with Gasteiger partial charge in [-0.25, -0.2) is 4.79 Å². The minimum Gasteiger partial charge on any atom is -0.479 e. The Kier molecular flexibility index (Phi) is 4.74. The topological polar surface area (TPSA) is 46.5 Å². The molecule has 0 fully saturated rings. The molecule has 0 amide bonds. The summed E-state index contributed by atoms with van der Waals surface area (Å²) in [4.78, 5) is 10.9. The first kappa shape index (κ1) is 14.4. The van der Waals surface area contributed by atoms with Crippen LogP contribution in [0.15, 0.2) is 12.7 Å². The summed E-state index contributed by atoms with van der Waals surface area (Å²) in [5.41, 5.74) is 0. The van der Waals surface area contributed by atoms with Crippen molar-refractivity contribution in [3.05, 3.63) is 12.7 Å². The third-order valence-electron chi connectivity index (χ3n) is 2.90. The van der Waals surface area contributed by atoms with Gasteiger partial charge in [0.1, 0.15) is 6.10 Å². The van der Waals surface area contributed by atoms with E-state index in [1.807, 2.05) is 13.1 Å². The second kappa shape index (κ2) is 4.94. The van der Waals surface area contributed by atoms with Crippen LogP contribution in [-0.4, -0.2) is 25.5 Å². The molecular weight excluding hydrogens is 208 g/mol. The number of carboxylic acid groups (broad SMARTS) is 1. The van der Waals surface area contributed by atoms with Gasteiger partial charge in [-0.05, 0) is 18.1 Å². The van der Waals surface area contributed by atoms with Gasteiger partial charge in [0, 0.05) is 6.42 Å². The average molecular weight is 230 g/mol. The van der Waals surface area contributed by atoms with Gasteiger partial charge in [-0.15, -0.1) is 6.58 Å². The standard InChI is InChI=1S/C11H22O3Si/c1-7-8-9(10(12)13)14-15(5,6)11(2,3)4/h7,9H,1,8H2,2-6H3,(H,12,13). The molecule has 0 rings (SSSR count). The first-order valence-corrected chi connectivity index (χ1v) is 8.04. The molecule has 1 unspecified atom stereocenters. The lowest BCUT2D eigenvalue weighted by Crippen LogP contribution is -2.45. The Bertz CT molecular complexity index is 241. The van der Waals surface area contributed by atoms with Gasteiger partial charge in [0.15, 0.2) is 8.32 Å². The van der Waals surface area contributed by atoms with E-state index < -0.39 is 20.4 Å². The Hall–Kier alpha value is -0.613. The van der Waals surface area contributed by atoms with Crippen LogP contribution in [0.2, 0.25) is 18.1 Å². The molecule has 15 heavy (non-hydrogen) atoms. The van der Waals surface area contributed by atoms with Gasteiger partial charge in [-0.3, -0.25) is 0 Å². The molecule has 0 spiro atoms. The molecule has 88 valence electrons. The maximum absolute atomic E-state index is 10.9. The Morgan fingerprint density at radius 2 is 2.00 bits per heavy atom. The minimum atomic E-state index is -2.00. The molecule has 0 radical (unpaired) electrons. The van der Waals surface area contributed by atoms with Gasteiger partial charge in [0.2, 0.25) is 0 Å². The van der Waals surface area contributed by atoms with Crippen LogP contribution in [0, 0.1) is 0 Å². The number of rotatable bonds is 5. The number of carbonyl (C=O) groups is 1. The molecule has 0 aromatic rings. The normalized spacial score (nSPS) is 14.7. The monoisotopic (exact) mass is 230 g/mol. The highest BCUT2D eigenvalue weighted by Crippen LogP contribution is 2.37. The lowest BCUT2D eigenvalue weighted by molar-refractivity contribution is -0.145. The number of hydrogen-bond donors (Lipinski definition) is 1. The molecule has 0 aliphatic carbocycles. The number of aliphatic carboxylic acids is 1. The zero-order valence-electron chi connectivity index (χ0n) is 10.3. The van der Waals surface area contributed by atoms with Crippen molar-refractivity contribution in [2.75, 3.05) is 0 Å². The van der Waals surface area contributed by atoms with Gasteiger partial charge < -0.3 is 9.53 Å². The van der Waals surface area contributed by atoms with Crippen LogP contribution in [0.1, 0.15) is 27.2 Å². The van der Waals surface area contributed by atoms with Crippen LogP contribution in [0.5, 0.6) is 0 Å². The van der Waals surface area contributed by atoms with Crippen LogP contribution in [-0.2, 0) is 9.22 Å². The molecule has 0 saturated heterocycles. The molecule has 1 atom stereocenters. The zero-order chi connectivity index (χ0) is 12.3. The fourth-order valence-corrected chi connectivity index (χ4v) is 2.15. The first-order chi connectivity index (χ1) is 6.62. The molecular formula is C11H22O3Si. The molecule has 3 nitrogen and oxygen atoms in total. The quantitative estimate of drug-likeness (QED) is 0.583. The smallest absolute Gasteiger partial charge is 0.331 e. The lowest BCUT2D eigenvalue weighted by atomic mass is 10.2. The Balaban J connectivity index is 4.66. The van der Waals surface area contributed by atoms with E-state index >= 15 is 0 Å². The highest BCUT2D eigenvalue weighted by Gasteiger charge is 2.40. The molecule has 0 aliphatic rings. The Morgan fingerprint density at radius 1 is 1.53 bits per heavy atom. The van der Waals surface area contributed by atoms with Crippen LogP contribution in [0.25, 0.3) is 0 Å². The minimum absolute atomic E-state index is 0.0296. The summed E-state index contributed by atoms with van der Waals surface area (Å²) >= 11 is 0. The predicted octanol–water partition coefficient (Wildman–Crippen LogP) is 3.04. The van der Waals surface area contributed by atoms with Crippen molar-refractivity contribution in [2.24, 2.45) is 0 Å². The SMILES string of the molecule is C=CCC(O[Si](C)(C)C(C)(C)C)C(=O)O. The van der Waals surface area contributed by atoms with Crippen molar-refractivity contribution in [3.8, 4) is 0 Å². The molecule has 4 heteroatoms. The zero-order valence-corrected chi connectivity index (χ0v) is 11.3. The molecule has 0 aromatic carbocycles. The largest absolute Gasteiger partial charge is 0.479 e. The third-order valence-corrected chi connectivity index (χ3v) is 7.39. The van der Waals surface area contributed by atoms with Crippen LogP contribution >= 0.6 is 0 Å². The number of carboxylic acids is 1. The Labute approximate surface area is 93.3 Å². The molecule has 0 heterocycles. The van der Waals surface area contributed by atoms with Crippen molar-refractivity contribution >= 4 is 14.3 Å². The van der Waals surface area contributed by atoms with Crippen LogP contribution in [0.3, 0.4) is 0 Å². The fourth-order valence-electron chi connectivity index (χ4n) is 0.883. The maximum atomic E-state index is 10.9. The molecule has 0 aliphatic heterocycles. The predicted molar refractivity (Wildman–Crippen MR) is 64.5 cm³/mol. The summed E-state index contributed by atoms with van der Waals surface area (Å²) in [6.45, 7) is 13.9. The van der Waals surface area contributed by atoms with E-state index in [4.69, 9.17) is 9.53 Å². The summed E-state index contributed by atoms with van der Waals surface area (Å²) in [7, 11) is -2.00. The van der Waals surface area contributed by atoms with E-state index in [1.54, 1.807) is 6.08 Å². The molecule has 0 bridgehead atoms. The van der Waals surface area contributed by atoms with Crippen molar-refractivity contribution in [3.63, 3.8) is 0 Å². The van der Waals surface area contributed by atoms with Gasteiger partial charge in [0.05, 0.1) is 0 Å². The van der Waals surface area contributed by atoms with E-state index in [2.05, 4.69) is 27.4 Å². The van der Waals surface area contributed by atoms with Gasteiger partial charge in [0.25, 0.3) is 0 Å². The summed E-state index contributed by atoms with van der Waals surface area (Å²) in [6.07, 6.45) is 1.21. The van der Waals surface area contributed by atoms with Gasteiger partial charge in [-0.1, -0.05) is 26.8 Å². The first-order valence-electron chi connectivity index (χ1n) is 5.13. The van der Waals surface area contributed by atoms with Gasteiger partial charge >= 0.3 is 5.97 Å². The highest BCUT2D eigenvalue weighted by atomic mass is 28.4. The van der Waals surface area contributed by atoms with E-state index in [9.17, 15) is 4.79 Å².